The Hall–Kier alpha value is -1.39. The number of rotatable bonds is 9. The molecule has 1 aliphatic carbocycles. The number of amides is 1. The lowest BCUT2D eigenvalue weighted by Crippen LogP contribution is -2.30. The van der Waals surface area contributed by atoms with E-state index in [4.69, 9.17) is 9.84 Å². The number of hydrogen-bond acceptors (Lipinski definition) is 3. The van der Waals surface area contributed by atoms with Crippen LogP contribution in [0.3, 0.4) is 0 Å². The van der Waals surface area contributed by atoms with Crippen LogP contribution in [0.15, 0.2) is 24.3 Å². The predicted octanol–water partition coefficient (Wildman–Crippen LogP) is 3.13. The first-order valence-electron chi connectivity index (χ1n) is 8.74. The van der Waals surface area contributed by atoms with Crippen molar-refractivity contribution < 1.29 is 14.6 Å². The van der Waals surface area contributed by atoms with E-state index in [2.05, 4.69) is 5.32 Å². The third-order valence-electron chi connectivity index (χ3n) is 4.60. The summed E-state index contributed by atoms with van der Waals surface area (Å²) in [5, 5.41) is 12.0. The highest BCUT2D eigenvalue weighted by molar-refractivity contribution is 5.75. The van der Waals surface area contributed by atoms with Gasteiger partial charge in [0.15, 0.2) is 0 Å². The van der Waals surface area contributed by atoms with Crippen molar-refractivity contribution in [3.63, 3.8) is 0 Å². The monoisotopic (exact) mass is 319 g/mol. The van der Waals surface area contributed by atoms with Crippen LogP contribution in [0.4, 0.5) is 0 Å². The van der Waals surface area contributed by atoms with Crippen molar-refractivity contribution in [2.24, 2.45) is 5.92 Å². The van der Waals surface area contributed by atoms with Crippen LogP contribution in [0.5, 0.6) is 0 Å². The Morgan fingerprint density at radius 1 is 1.30 bits per heavy atom. The summed E-state index contributed by atoms with van der Waals surface area (Å²) in [6.45, 7) is 2.75. The minimum absolute atomic E-state index is 0.0159. The van der Waals surface area contributed by atoms with Crippen molar-refractivity contribution >= 4 is 5.91 Å². The zero-order chi connectivity index (χ0) is 16.5. The fraction of sp³-hybridized carbons (Fsp3) is 0.632. The summed E-state index contributed by atoms with van der Waals surface area (Å²) in [5.74, 6) is 0.834. The molecule has 2 rings (SSSR count). The average molecular weight is 319 g/mol. The Kier molecular flexibility index (Phi) is 7.56. The highest BCUT2D eigenvalue weighted by atomic mass is 16.5. The maximum atomic E-state index is 12.0. The normalized spacial score (nSPS) is 16.4. The molecule has 1 aromatic carbocycles. The van der Waals surface area contributed by atoms with E-state index in [-0.39, 0.29) is 25.2 Å². The largest absolute Gasteiger partial charge is 0.394 e. The van der Waals surface area contributed by atoms with Crippen LogP contribution >= 0.6 is 0 Å². The van der Waals surface area contributed by atoms with Gasteiger partial charge in [-0.3, -0.25) is 4.79 Å². The van der Waals surface area contributed by atoms with Crippen LogP contribution in [0, 0.1) is 12.8 Å². The molecule has 1 aliphatic rings. The number of aliphatic hydroxyl groups is 1. The maximum Gasteiger partial charge on any atom is 0.220 e. The van der Waals surface area contributed by atoms with E-state index in [0.717, 1.165) is 17.9 Å². The third kappa shape index (κ3) is 6.32. The molecule has 0 bridgehead atoms. The minimum atomic E-state index is -0.210. The van der Waals surface area contributed by atoms with E-state index in [0.29, 0.717) is 13.0 Å². The maximum absolute atomic E-state index is 12.0. The Bertz CT molecular complexity index is 466. The molecule has 128 valence electrons. The summed E-state index contributed by atoms with van der Waals surface area (Å²) in [6, 6.07) is 8.10. The van der Waals surface area contributed by atoms with Gasteiger partial charge in [-0.15, -0.1) is 0 Å². The lowest BCUT2D eigenvalue weighted by atomic mass is 10.0. The first-order chi connectivity index (χ1) is 11.2. The molecule has 1 atom stereocenters. The Balaban J connectivity index is 1.79. The van der Waals surface area contributed by atoms with Crippen molar-refractivity contribution in [3.05, 3.63) is 35.4 Å². The number of carbonyl (C=O) groups is 1. The summed E-state index contributed by atoms with van der Waals surface area (Å²) in [7, 11) is 0. The van der Waals surface area contributed by atoms with Gasteiger partial charge in [-0.2, -0.15) is 0 Å². The molecule has 1 aromatic rings. The van der Waals surface area contributed by atoms with Crippen LogP contribution < -0.4 is 5.32 Å². The number of hydrogen-bond donors (Lipinski definition) is 2. The number of nitrogens with one attached hydrogen (secondary N) is 1. The molecule has 2 N–H and O–H groups in total. The highest BCUT2D eigenvalue weighted by Crippen LogP contribution is 2.28. The second-order valence-electron chi connectivity index (χ2n) is 6.49. The standard InChI is InChI=1S/C19H29NO3/c1-15-6-9-17(10-7-15)18(23-13-12-21)14-20-19(22)11-8-16-4-2-3-5-16/h6-7,9-10,16,18,21H,2-5,8,11-14H2,1H3,(H,20,22). The van der Waals surface area contributed by atoms with Gasteiger partial charge in [0.1, 0.15) is 0 Å². The number of benzene rings is 1. The Morgan fingerprint density at radius 2 is 2.00 bits per heavy atom. The molecule has 0 radical (unpaired) electrons. The average Bonchev–Trinajstić information content (AvgIpc) is 3.07. The third-order valence-corrected chi connectivity index (χ3v) is 4.60. The van der Waals surface area contributed by atoms with E-state index in [1.807, 2.05) is 31.2 Å². The molecule has 0 aliphatic heterocycles. The van der Waals surface area contributed by atoms with Crippen LogP contribution in [0.25, 0.3) is 0 Å². The first kappa shape index (κ1) is 18.0. The van der Waals surface area contributed by atoms with E-state index >= 15 is 0 Å². The molecule has 1 unspecified atom stereocenters. The van der Waals surface area contributed by atoms with Gasteiger partial charge in [0.25, 0.3) is 0 Å². The van der Waals surface area contributed by atoms with E-state index in [9.17, 15) is 4.79 Å². The minimum Gasteiger partial charge on any atom is -0.394 e. The van der Waals surface area contributed by atoms with E-state index < -0.39 is 0 Å². The summed E-state index contributed by atoms with van der Waals surface area (Å²) >= 11 is 0. The molecule has 1 fully saturated rings. The van der Waals surface area contributed by atoms with Gasteiger partial charge in [-0.25, -0.2) is 0 Å². The van der Waals surface area contributed by atoms with Gasteiger partial charge in [0.05, 0.1) is 19.3 Å². The van der Waals surface area contributed by atoms with Gasteiger partial charge < -0.3 is 15.2 Å². The van der Waals surface area contributed by atoms with Gasteiger partial charge >= 0.3 is 0 Å². The second-order valence-corrected chi connectivity index (χ2v) is 6.49. The number of carbonyl (C=O) groups excluding carboxylic acids is 1. The molecule has 1 amide bonds. The van der Waals surface area contributed by atoms with Crippen molar-refractivity contribution in [1.29, 1.82) is 0 Å². The van der Waals surface area contributed by atoms with Crippen molar-refractivity contribution in [3.8, 4) is 0 Å². The first-order valence-corrected chi connectivity index (χ1v) is 8.74. The van der Waals surface area contributed by atoms with Crippen molar-refractivity contribution in [2.75, 3.05) is 19.8 Å². The summed E-state index contributed by atoms with van der Waals surface area (Å²) in [5.41, 5.74) is 2.22. The Morgan fingerprint density at radius 3 is 2.65 bits per heavy atom. The fourth-order valence-corrected chi connectivity index (χ4v) is 3.18. The van der Waals surface area contributed by atoms with Gasteiger partial charge in [0.2, 0.25) is 5.91 Å². The molecule has 0 heterocycles. The van der Waals surface area contributed by atoms with Crippen LogP contribution in [-0.4, -0.2) is 30.8 Å². The summed E-state index contributed by atoms with van der Waals surface area (Å²) < 4.78 is 5.68. The molecule has 0 spiro atoms. The topological polar surface area (TPSA) is 58.6 Å². The Labute approximate surface area is 139 Å². The van der Waals surface area contributed by atoms with E-state index in [1.54, 1.807) is 0 Å². The molecule has 0 aromatic heterocycles. The molecule has 0 saturated heterocycles. The number of aliphatic hydroxyl groups excluding tert-OH is 1. The van der Waals surface area contributed by atoms with Crippen molar-refractivity contribution in [1.82, 2.24) is 5.32 Å². The number of aryl methyl sites for hydroxylation is 1. The zero-order valence-electron chi connectivity index (χ0n) is 14.1. The van der Waals surface area contributed by atoms with Gasteiger partial charge in [-0.1, -0.05) is 55.5 Å². The van der Waals surface area contributed by atoms with Gasteiger partial charge in [0, 0.05) is 13.0 Å². The fourth-order valence-electron chi connectivity index (χ4n) is 3.18. The highest BCUT2D eigenvalue weighted by Gasteiger charge is 2.17. The second kappa shape index (κ2) is 9.68. The summed E-state index contributed by atoms with van der Waals surface area (Å²) in [6.07, 6.45) is 6.58. The lowest BCUT2D eigenvalue weighted by Gasteiger charge is -2.19. The SMILES string of the molecule is Cc1ccc(C(CNC(=O)CCC2CCCC2)OCCO)cc1. The molecule has 4 nitrogen and oxygen atoms in total. The smallest absolute Gasteiger partial charge is 0.220 e. The molecular weight excluding hydrogens is 290 g/mol. The van der Waals surface area contributed by atoms with E-state index in [1.165, 1.54) is 31.2 Å². The molecular formula is C19H29NO3. The molecule has 1 saturated carbocycles. The quantitative estimate of drug-likeness (QED) is 0.735. The molecule has 23 heavy (non-hydrogen) atoms. The van der Waals surface area contributed by atoms with Crippen LogP contribution in [0.1, 0.15) is 55.8 Å². The lowest BCUT2D eigenvalue weighted by molar-refractivity contribution is -0.122. The zero-order valence-corrected chi connectivity index (χ0v) is 14.1. The summed E-state index contributed by atoms with van der Waals surface area (Å²) in [4.78, 5) is 12.0. The predicted molar refractivity (Wildman–Crippen MR) is 91.2 cm³/mol. The van der Waals surface area contributed by atoms with Crippen LogP contribution in [-0.2, 0) is 9.53 Å². The van der Waals surface area contributed by atoms with Crippen molar-refractivity contribution in [2.45, 2.75) is 51.6 Å². The van der Waals surface area contributed by atoms with Gasteiger partial charge in [-0.05, 0) is 24.8 Å². The van der Waals surface area contributed by atoms with Crippen LogP contribution in [0.2, 0.25) is 0 Å². The number of ether oxygens (including phenoxy) is 1. The molecule has 4 heteroatoms.